The van der Waals surface area contributed by atoms with Crippen molar-refractivity contribution in [2.24, 2.45) is 7.05 Å². The Balaban J connectivity index is 1.67. The number of aromatic nitrogens is 3. The Morgan fingerprint density at radius 1 is 1.11 bits per heavy atom. The molecule has 1 atom stereocenters. The molecular weight excluding hydrogens is 356 g/mol. The van der Waals surface area contributed by atoms with Crippen molar-refractivity contribution in [1.29, 1.82) is 0 Å². The van der Waals surface area contributed by atoms with Crippen molar-refractivity contribution < 1.29 is 4.79 Å². The zero-order chi connectivity index (χ0) is 19.4. The van der Waals surface area contributed by atoms with E-state index in [9.17, 15) is 4.79 Å². The first kappa shape index (κ1) is 19.2. The normalized spacial score (nSPS) is 12.0. The van der Waals surface area contributed by atoms with Gasteiger partial charge in [0.15, 0.2) is 11.0 Å². The minimum absolute atomic E-state index is 0.0290. The minimum atomic E-state index is 0.0290. The Labute approximate surface area is 164 Å². The van der Waals surface area contributed by atoms with E-state index < -0.39 is 0 Å². The summed E-state index contributed by atoms with van der Waals surface area (Å²) in [6, 6.07) is 18.2. The first-order chi connectivity index (χ1) is 13.0. The number of nitrogens with zero attached hydrogens (tertiary/aromatic N) is 4. The molecule has 1 amide bonds. The molecule has 0 bridgehead atoms. The second kappa shape index (κ2) is 8.39. The number of carbonyl (C=O) groups excluding carboxylic acids is 1. The molecule has 0 fully saturated rings. The van der Waals surface area contributed by atoms with Gasteiger partial charge in [-0.25, -0.2) is 0 Å². The van der Waals surface area contributed by atoms with Crippen LogP contribution in [0.4, 0.5) is 0 Å². The zero-order valence-corrected chi connectivity index (χ0v) is 16.9. The van der Waals surface area contributed by atoms with Gasteiger partial charge < -0.3 is 9.47 Å². The van der Waals surface area contributed by atoms with Crippen LogP contribution in [0.25, 0.3) is 11.4 Å². The van der Waals surface area contributed by atoms with Crippen molar-refractivity contribution in [1.82, 2.24) is 19.7 Å². The molecule has 1 aromatic heterocycles. The maximum Gasteiger partial charge on any atom is 0.233 e. The first-order valence-corrected chi connectivity index (χ1v) is 9.86. The molecule has 0 aliphatic rings. The van der Waals surface area contributed by atoms with E-state index in [0.29, 0.717) is 5.75 Å². The van der Waals surface area contributed by atoms with E-state index in [2.05, 4.69) is 23.2 Å². The average molecular weight is 381 g/mol. The lowest BCUT2D eigenvalue weighted by molar-refractivity contribution is -0.128. The summed E-state index contributed by atoms with van der Waals surface area (Å²) in [5, 5.41) is 9.33. The topological polar surface area (TPSA) is 51.0 Å². The predicted molar refractivity (Wildman–Crippen MR) is 110 cm³/mol. The maximum atomic E-state index is 12.6. The Morgan fingerprint density at radius 2 is 1.78 bits per heavy atom. The molecule has 0 spiro atoms. The number of hydrogen-bond acceptors (Lipinski definition) is 4. The van der Waals surface area contributed by atoms with Gasteiger partial charge in [0.05, 0.1) is 11.8 Å². The number of amides is 1. The van der Waals surface area contributed by atoms with Crippen LogP contribution in [0.1, 0.15) is 24.1 Å². The molecule has 5 nitrogen and oxygen atoms in total. The molecule has 1 heterocycles. The quantitative estimate of drug-likeness (QED) is 0.604. The molecule has 0 unspecified atom stereocenters. The van der Waals surface area contributed by atoms with Crippen molar-refractivity contribution >= 4 is 17.7 Å². The number of carbonyl (C=O) groups is 1. The standard InChI is InChI=1S/C21H24N4OS/c1-15-10-8-9-13-18(15)20-22-23-21(25(20)4)27-14-19(26)24(3)16(2)17-11-6-5-7-12-17/h5-13,16H,14H2,1-4H3/t16-/m1/s1. The van der Waals surface area contributed by atoms with E-state index in [1.807, 2.05) is 74.1 Å². The van der Waals surface area contributed by atoms with Gasteiger partial charge in [-0.05, 0) is 25.0 Å². The number of aryl methyl sites for hydroxylation is 1. The predicted octanol–water partition coefficient (Wildman–Crippen LogP) is 4.10. The highest BCUT2D eigenvalue weighted by Crippen LogP contribution is 2.26. The molecule has 0 N–H and O–H groups in total. The Kier molecular flexibility index (Phi) is 5.96. The van der Waals surface area contributed by atoms with Gasteiger partial charge in [-0.1, -0.05) is 66.4 Å². The summed E-state index contributed by atoms with van der Waals surface area (Å²) >= 11 is 1.42. The van der Waals surface area contributed by atoms with Gasteiger partial charge in [0, 0.05) is 19.7 Å². The van der Waals surface area contributed by atoms with Crippen LogP contribution in [0.15, 0.2) is 59.8 Å². The first-order valence-electron chi connectivity index (χ1n) is 8.88. The van der Waals surface area contributed by atoms with Crippen LogP contribution in [0.5, 0.6) is 0 Å². The van der Waals surface area contributed by atoms with Crippen molar-refractivity contribution in [3.63, 3.8) is 0 Å². The summed E-state index contributed by atoms with van der Waals surface area (Å²) < 4.78 is 1.95. The van der Waals surface area contributed by atoms with E-state index in [0.717, 1.165) is 27.7 Å². The highest BCUT2D eigenvalue weighted by atomic mass is 32.2. The van der Waals surface area contributed by atoms with E-state index in [4.69, 9.17) is 0 Å². The van der Waals surface area contributed by atoms with Crippen LogP contribution in [0, 0.1) is 6.92 Å². The van der Waals surface area contributed by atoms with Gasteiger partial charge in [0.25, 0.3) is 0 Å². The van der Waals surface area contributed by atoms with Gasteiger partial charge in [0.2, 0.25) is 5.91 Å². The van der Waals surface area contributed by atoms with Crippen molar-refractivity contribution in [3.8, 4) is 11.4 Å². The molecule has 2 aromatic carbocycles. The lowest BCUT2D eigenvalue weighted by Gasteiger charge is -2.25. The smallest absolute Gasteiger partial charge is 0.233 e. The third kappa shape index (κ3) is 4.22. The molecule has 27 heavy (non-hydrogen) atoms. The fourth-order valence-corrected chi connectivity index (χ4v) is 3.73. The molecule has 6 heteroatoms. The largest absolute Gasteiger partial charge is 0.338 e. The Hall–Kier alpha value is -2.60. The van der Waals surface area contributed by atoms with Crippen molar-refractivity contribution in [2.45, 2.75) is 25.0 Å². The van der Waals surface area contributed by atoms with Crippen LogP contribution in [-0.4, -0.2) is 38.4 Å². The highest BCUT2D eigenvalue weighted by molar-refractivity contribution is 7.99. The maximum absolute atomic E-state index is 12.6. The highest BCUT2D eigenvalue weighted by Gasteiger charge is 2.19. The summed E-state index contributed by atoms with van der Waals surface area (Å²) in [6.07, 6.45) is 0. The number of thioether (sulfide) groups is 1. The van der Waals surface area contributed by atoms with Gasteiger partial charge in [-0.2, -0.15) is 0 Å². The number of hydrogen-bond donors (Lipinski definition) is 0. The third-order valence-corrected chi connectivity index (χ3v) is 5.81. The summed E-state index contributed by atoms with van der Waals surface area (Å²) in [6.45, 7) is 4.09. The van der Waals surface area contributed by atoms with Crippen molar-refractivity contribution in [2.75, 3.05) is 12.8 Å². The molecule has 0 radical (unpaired) electrons. The van der Waals surface area contributed by atoms with Crippen LogP contribution in [0.2, 0.25) is 0 Å². The fourth-order valence-electron chi connectivity index (χ4n) is 2.90. The summed E-state index contributed by atoms with van der Waals surface area (Å²) in [5.41, 5.74) is 3.33. The minimum Gasteiger partial charge on any atom is -0.338 e. The van der Waals surface area contributed by atoms with E-state index in [-0.39, 0.29) is 11.9 Å². The Morgan fingerprint density at radius 3 is 2.48 bits per heavy atom. The monoisotopic (exact) mass is 380 g/mol. The van der Waals surface area contributed by atoms with Crippen LogP contribution < -0.4 is 0 Å². The molecule has 140 valence electrons. The van der Waals surface area contributed by atoms with Gasteiger partial charge in [-0.15, -0.1) is 10.2 Å². The SMILES string of the molecule is Cc1ccccc1-c1nnc(SCC(=O)N(C)[C@H](C)c2ccccc2)n1C. The van der Waals surface area contributed by atoms with Crippen LogP contribution in [0.3, 0.4) is 0 Å². The lowest BCUT2D eigenvalue weighted by Crippen LogP contribution is -2.31. The fraction of sp³-hybridized carbons (Fsp3) is 0.286. The van der Waals surface area contributed by atoms with E-state index in [1.165, 1.54) is 11.8 Å². The van der Waals surface area contributed by atoms with Gasteiger partial charge in [0.1, 0.15) is 0 Å². The second-order valence-corrected chi connectivity index (χ2v) is 7.50. The van der Waals surface area contributed by atoms with E-state index in [1.54, 1.807) is 4.90 Å². The zero-order valence-electron chi connectivity index (χ0n) is 16.1. The average Bonchev–Trinajstić information content (AvgIpc) is 3.06. The number of benzene rings is 2. The van der Waals surface area contributed by atoms with Gasteiger partial charge >= 0.3 is 0 Å². The molecule has 3 rings (SSSR count). The van der Waals surface area contributed by atoms with Crippen LogP contribution in [-0.2, 0) is 11.8 Å². The summed E-state index contributed by atoms with van der Waals surface area (Å²) in [5.74, 6) is 1.21. The lowest BCUT2D eigenvalue weighted by atomic mass is 10.1. The number of rotatable bonds is 6. The summed E-state index contributed by atoms with van der Waals surface area (Å²) in [4.78, 5) is 14.4. The molecule has 0 aliphatic carbocycles. The van der Waals surface area contributed by atoms with Gasteiger partial charge in [-0.3, -0.25) is 4.79 Å². The van der Waals surface area contributed by atoms with E-state index >= 15 is 0 Å². The Bertz CT molecular complexity index is 923. The molecule has 0 saturated heterocycles. The third-order valence-electron chi connectivity index (χ3n) is 4.80. The molecule has 0 aliphatic heterocycles. The summed E-state index contributed by atoms with van der Waals surface area (Å²) in [7, 11) is 3.78. The second-order valence-electron chi connectivity index (χ2n) is 6.56. The van der Waals surface area contributed by atoms with Crippen molar-refractivity contribution in [3.05, 3.63) is 65.7 Å². The molecule has 3 aromatic rings. The molecular formula is C21H24N4OS. The molecule has 0 saturated carbocycles. The van der Waals surface area contributed by atoms with Crippen LogP contribution >= 0.6 is 11.8 Å².